The topological polar surface area (TPSA) is 45.2 Å². The number of carbonyl (C=O) groups excluding carboxylic acids is 1. The van der Waals surface area contributed by atoms with Crippen molar-refractivity contribution in [3.05, 3.63) is 64.4 Å². The summed E-state index contributed by atoms with van der Waals surface area (Å²) in [4.78, 5) is 18.8. The number of nitrogens with zero attached hydrogens (tertiary/aromatic N) is 2. The van der Waals surface area contributed by atoms with Crippen LogP contribution in [0, 0.1) is 0 Å². The van der Waals surface area contributed by atoms with Crippen LogP contribution in [0.15, 0.2) is 53.3 Å². The van der Waals surface area contributed by atoms with Crippen LogP contribution in [0.25, 0.3) is 0 Å². The fourth-order valence-electron chi connectivity index (χ4n) is 3.39. The Kier molecular flexibility index (Phi) is 6.21. The van der Waals surface area contributed by atoms with Gasteiger partial charge in [0.25, 0.3) is 0 Å². The van der Waals surface area contributed by atoms with Crippen LogP contribution in [-0.4, -0.2) is 34.9 Å². The first-order valence-electron chi connectivity index (χ1n) is 8.79. The van der Waals surface area contributed by atoms with E-state index in [1.165, 1.54) is 5.56 Å². The molecule has 2 aromatic rings. The second kappa shape index (κ2) is 8.59. The van der Waals surface area contributed by atoms with Gasteiger partial charge in [-0.25, -0.2) is 0 Å². The zero-order valence-corrected chi connectivity index (χ0v) is 16.1. The van der Waals surface area contributed by atoms with Gasteiger partial charge < -0.3 is 5.32 Å². The van der Waals surface area contributed by atoms with Crippen molar-refractivity contribution >= 4 is 21.8 Å². The maximum absolute atomic E-state index is 12.3. The SMILES string of the molecule is CC(c1ccncc1)N1CCC(NC(=O)Cc2cccc(Br)c2)CC1. The number of aromatic nitrogens is 1. The predicted molar refractivity (Wildman–Crippen MR) is 103 cm³/mol. The molecular weight excluding hydrogens is 378 g/mol. The van der Waals surface area contributed by atoms with Crippen molar-refractivity contribution in [1.29, 1.82) is 0 Å². The first-order chi connectivity index (χ1) is 12.1. The van der Waals surface area contributed by atoms with E-state index < -0.39 is 0 Å². The molecule has 1 aromatic carbocycles. The highest BCUT2D eigenvalue weighted by Gasteiger charge is 2.24. The maximum Gasteiger partial charge on any atom is 0.224 e. The molecule has 0 radical (unpaired) electrons. The number of hydrogen-bond acceptors (Lipinski definition) is 3. The van der Waals surface area contributed by atoms with Crippen LogP contribution in [0.5, 0.6) is 0 Å². The number of likely N-dealkylation sites (tertiary alicyclic amines) is 1. The number of benzene rings is 1. The smallest absolute Gasteiger partial charge is 0.224 e. The van der Waals surface area contributed by atoms with Crippen LogP contribution in [0.2, 0.25) is 0 Å². The monoisotopic (exact) mass is 401 g/mol. The van der Waals surface area contributed by atoms with Crippen LogP contribution < -0.4 is 5.32 Å². The minimum Gasteiger partial charge on any atom is -0.353 e. The fourth-order valence-corrected chi connectivity index (χ4v) is 3.84. The molecule has 0 bridgehead atoms. The Bertz CT molecular complexity index is 699. The Morgan fingerprint density at radius 1 is 1.28 bits per heavy atom. The van der Waals surface area contributed by atoms with Gasteiger partial charge in [0.15, 0.2) is 0 Å². The lowest BCUT2D eigenvalue weighted by Gasteiger charge is -2.36. The second-order valence-corrected chi connectivity index (χ2v) is 7.56. The van der Waals surface area contributed by atoms with Crippen LogP contribution >= 0.6 is 15.9 Å². The van der Waals surface area contributed by atoms with Gasteiger partial charge >= 0.3 is 0 Å². The largest absolute Gasteiger partial charge is 0.353 e. The van der Waals surface area contributed by atoms with Crippen LogP contribution in [0.3, 0.4) is 0 Å². The van der Waals surface area contributed by atoms with Gasteiger partial charge in [0, 0.05) is 42.0 Å². The van der Waals surface area contributed by atoms with Gasteiger partial charge in [-0.1, -0.05) is 28.1 Å². The Morgan fingerprint density at radius 3 is 2.68 bits per heavy atom. The van der Waals surface area contributed by atoms with Gasteiger partial charge in [-0.3, -0.25) is 14.7 Å². The van der Waals surface area contributed by atoms with Gasteiger partial charge in [0.1, 0.15) is 0 Å². The van der Waals surface area contributed by atoms with Gasteiger partial charge in [-0.05, 0) is 55.2 Å². The highest BCUT2D eigenvalue weighted by Crippen LogP contribution is 2.23. The Balaban J connectivity index is 1.47. The van der Waals surface area contributed by atoms with Crippen molar-refractivity contribution in [3.8, 4) is 0 Å². The molecule has 3 rings (SSSR count). The number of rotatable bonds is 5. The quantitative estimate of drug-likeness (QED) is 0.829. The molecule has 1 amide bonds. The number of hydrogen-bond donors (Lipinski definition) is 1. The number of halogens is 1. The molecule has 1 saturated heterocycles. The molecule has 25 heavy (non-hydrogen) atoms. The predicted octanol–water partition coefficient (Wildman–Crippen LogP) is 3.73. The molecule has 1 fully saturated rings. The van der Waals surface area contributed by atoms with Crippen molar-refractivity contribution in [2.24, 2.45) is 0 Å². The molecule has 0 spiro atoms. The summed E-state index contributed by atoms with van der Waals surface area (Å²) in [5.41, 5.74) is 2.34. The summed E-state index contributed by atoms with van der Waals surface area (Å²) >= 11 is 3.45. The molecular formula is C20H24BrN3O. The van der Waals surface area contributed by atoms with E-state index in [4.69, 9.17) is 0 Å². The third-order valence-electron chi connectivity index (χ3n) is 4.88. The van der Waals surface area contributed by atoms with Gasteiger partial charge in [-0.2, -0.15) is 0 Å². The van der Waals surface area contributed by atoms with E-state index in [1.807, 2.05) is 36.7 Å². The lowest BCUT2D eigenvalue weighted by atomic mass is 10.0. The van der Waals surface area contributed by atoms with E-state index in [2.05, 4.69) is 50.2 Å². The molecule has 0 saturated carbocycles. The molecule has 1 aliphatic rings. The lowest BCUT2D eigenvalue weighted by molar-refractivity contribution is -0.121. The standard InChI is InChI=1S/C20H24BrN3O/c1-15(17-5-9-22-10-6-17)24-11-7-19(8-12-24)23-20(25)14-16-3-2-4-18(21)13-16/h2-6,9-10,13,15,19H,7-8,11-12,14H2,1H3,(H,23,25). The van der Waals surface area contributed by atoms with E-state index in [-0.39, 0.29) is 11.9 Å². The van der Waals surface area contributed by atoms with E-state index >= 15 is 0 Å². The molecule has 132 valence electrons. The summed E-state index contributed by atoms with van der Waals surface area (Å²) in [6.45, 7) is 4.25. The third kappa shape index (κ3) is 5.13. The van der Waals surface area contributed by atoms with E-state index in [0.29, 0.717) is 12.5 Å². The summed E-state index contributed by atoms with van der Waals surface area (Å²) in [5, 5.41) is 3.20. The molecule has 5 heteroatoms. The average Bonchev–Trinajstić information content (AvgIpc) is 2.62. The number of carbonyl (C=O) groups is 1. The summed E-state index contributed by atoms with van der Waals surface area (Å²) in [5.74, 6) is 0.110. The zero-order valence-electron chi connectivity index (χ0n) is 14.5. The van der Waals surface area contributed by atoms with Crippen LogP contribution in [0.4, 0.5) is 0 Å². The van der Waals surface area contributed by atoms with Crippen molar-refractivity contribution in [2.45, 2.75) is 38.3 Å². The van der Waals surface area contributed by atoms with Crippen LogP contribution in [0.1, 0.15) is 36.9 Å². The first kappa shape index (κ1) is 18.1. The molecule has 1 atom stereocenters. The van der Waals surface area contributed by atoms with E-state index in [1.54, 1.807) is 0 Å². The summed E-state index contributed by atoms with van der Waals surface area (Å²) in [6, 6.07) is 12.8. The van der Waals surface area contributed by atoms with Crippen LogP contribution in [-0.2, 0) is 11.2 Å². The minimum atomic E-state index is 0.110. The van der Waals surface area contributed by atoms with Gasteiger partial charge in [0.05, 0.1) is 6.42 Å². The molecule has 1 aromatic heterocycles. The number of amides is 1. The summed E-state index contributed by atoms with van der Waals surface area (Å²) in [7, 11) is 0. The highest BCUT2D eigenvalue weighted by atomic mass is 79.9. The maximum atomic E-state index is 12.3. The first-order valence-corrected chi connectivity index (χ1v) is 9.59. The lowest BCUT2D eigenvalue weighted by Crippen LogP contribution is -2.45. The Morgan fingerprint density at radius 2 is 2.00 bits per heavy atom. The zero-order chi connectivity index (χ0) is 17.6. The minimum absolute atomic E-state index is 0.110. The van der Waals surface area contributed by atoms with E-state index in [9.17, 15) is 4.79 Å². The van der Waals surface area contributed by atoms with Crippen molar-refractivity contribution in [1.82, 2.24) is 15.2 Å². The van der Waals surface area contributed by atoms with Crippen molar-refractivity contribution in [2.75, 3.05) is 13.1 Å². The number of nitrogens with one attached hydrogen (secondary N) is 1. The number of piperidine rings is 1. The van der Waals surface area contributed by atoms with Gasteiger partial charge in [-0.15, -0.1) is 0 Å². The Labute approximate surface area is 157 Å². The Hall–Kier alpha value is -1.72. The second-order valence-electron chi connectivity index (χ2n) is 6.64. The summed E-state index contributed by atoms with van der Waals surface area (Å²) in [6.07, 6.45) is 6.13. The molecule has 2 heterocycles. The summed E-state index contributed by atoms with van der Waals surface area (Å²) < 4.78 is 1.01. The number of pyridine rings is 1. The highest BCUT2D eigenvalue weighted by molar-refractivity contribution is 9.10. The molecule has 0 aliphatic carbocycles. The molecule has 4 nitrogen and oxygen atoms in total. The fraction of sp³-hybridized carbons (Fsp3) is 0.400. The molecule has 1 N–H and O–H groups in total. The van der Waals surface area contributed by atoms with E-state index in [0.717, 1.165) is 36.0 Å². The average molecular weight is 402 g/mol. The van der Waals surface area contributed by atoms with Crippen molar-refractivity contribution in [3.63, 3.8) is 0 Å². The molecule has 1 aliphatic heterocycles. The molecule has 1 unspecified atom stereocenters. The van der Waals surface area contributed by atoms with Gasteiger partial charge in [0.2, 0.25) is 5.91 Å². The normalized spacial score (nSPS) is 17.2. The third-order valence-corrected chi connectivity index (χ3v) is 5.38. The van der Waals surface area contributed by atoms with Crippen molar-refractivity contribution < 1.29 is 4.79 Å².